The molecule has 0 radical (unpaired) electrons. The third kappa shape index (κ3) is 2.82. The van der Waals surface area contributed by atoms with Crippen molar-refractivity contribution in [2.45, 2.75) is 11.0 Å². The first-order chi connectivity index (χ1) is 9.22. The molecule has 3 aromatic rings. The molecular weight excluding hydrogens is 329 g/mol. The van der Waals surface area contributed by atoms with Crippen LogP contribution in [-0.2, 0) is 5.75 Å². The number of oxazole rings is 1. The summed E-state index contributed by atoms with van der Waals surface area (Å²) < 4.78 is 19.2. The lowest BCUT2D eigenvalue weighted by Gasteiger charge is -2.00. The molecule has 5 heteroatoms. The normalized spacial score (nSPS) is 11.1. The SMILES string of the molecule is Fc1ccc(CSc2nc3ccccc3o2)cc1Br. The zero-order chi connectivity index (χ0) is 13.2. The summed E-state index contributed by atoms with van der Waals surface area (Å²) >= 11 is 4.67. The number of benzene rings is 2. The first kappa shape index (κ1) is 12.7. The largest absolute Gasteiger partial charge is 0.431 e. The van der Waals surface area contributed by atoms with E-state index in [0.717, 1.165) is 16.7 Å². The highest BCUT2D eigenvalue weighted by molar-refractivity contribution is 9.10. The van der Waals surface area contributed by atoms with Crippen molar-refractivity contribution in [1.29, 1.82) is 0 Å². The molecule has 0 aliphatic rings. The van der Waals surface area contributed by atoms with Crippen molar-refractivity contribution < 1.29 is 8.81 Å². The predicted octanol–water partition coefficient (Wildman–Crippen LogP) is 5.02. The van der Waals surface area contributed by atoms with E-state index in [4.69, 9.17) is 4.42 Å². The number of para-hydroxylation sites is 2. The minimum Gasteiger partial charge on any atom is -0.431 e. The second kappa shape index (κ2) is 5.35. The van der Waals surface area contributed by atoms with Gasteiger partial charge in [-0.1, -0.05) is 30.0 Å². The molecule has 0 saturated carbocycles. The molecule has 2 aromatic carbocycles. The molecule has 0 N–H and O–H groups in total. The van der Waals surface area contributed by atoms with Gasteiger partial charge in [0, 0.05) is 5.75 Å². The van der Waals surface area contributed by atoms with Crippen molar-refractivity contribution in [2.75, 3.05) is 0 Å². The maximum atomic E-state index is 13.1. The lowest BCUT2D eigenvalue weighted by atomic mass is 10.2. The van der Waals surface area contributed by atoms with Crippen molar-refractivity contribution in [1.82, 2.24) is 4.98 Å². The van der Waals surface area contributed by atoms with E-state index in [1.54, 1.807) is 12.1 Å². The van der Waals surface area contributed by atoms with Crippen LogP contribution >= 0.6 is 27.7 Å². The monoisotopic (exact) mass is 337 g/mol. The Morgan fingerprint density at radius 3 is 2.84 bits per heavy atom. The maximum Gasteiger partial charge on any atom is 0.257 e. The summed E-state index contributed by atoms with van der Waals surface area (Å²) in [4.78, 5) is 4.38. The van der Waals surface area contributed by atoms with Crippen LogP contribution in [0.3, 0.4) is 0 Å². The molecule has 1 heterocycles. The average Bonchev–Trinajstić information content (AvgIpc) is 2.83. The summed E-state index contributed by atoms with van der Waals surface area (Å²) in [5, 5.41) is 0.627. The smallest absolute Gasteiger partial charge is 0.257 e. The number of nitrogens with zero attached hydrogens (tertiary/aromatic N) is 1. The van der Waals surface area contributed by atoms with Gasteiger partial charge in [-0.15, -0.1) is 0 Å². The Kier molecular flexibility index (Phi) is 3.57. The van der Waals surface area contributed by atoms with Crippen LogP contribution in [0.15, 0.2) is 56.6 Å². The van der Waals surface area contributed by atoms with Gasteiger partial charge in [0.15, 0.2) is 5.58 Å². The quantitative estimate of drug-likeness (QED) is 0.627. The van der Waals surface area contributed by atoms with E-state index in [1.807, 2.05) is 24.3 Å². The van der Waals surface area contributed by atoms with Gasteiger partial charge in [-0.05, 0) is 45.8 Å². The van der Waals surface area contributed by atoms with Gasteiger partial charge in [0.05, 0.1) is 4.47 Å². The van der Waals surface area contributed by atoms with Gasteiger partial charge < -0.3 is 4.42 Å². The van der Waals surface area contributed by atoms with Crippen LogP contribution in [-0.4, -0.2) is 4.98 Å². The lowest BCUT2D eigenvalue weighted by Crippen LogP contribution is -1.83. The van der Waals surface area contributed by atoms with Crippen LogP contribution in [0.25, 0.3) is 11.1 Å². The standard InChI is InChI=1S/C14H9BrFNOS/c15-10-7-9(5-6-11(10)16)8-19-14-17-12-3-1-2-4-13(12)18-14/h1-7H,8H2. The Morgan fingerprint density at radius 2 is 2.05 bits per heavy atom. The Balaban J connectivity index is 1.76. The van der Waals surface area contributed by atoms with Crippen molar-refractivity contribution in [3.05, 3.63) is 58.3 Å². The number of rotatable bonds is 3. The van der Waals surface area contributed by atoms with Gasteiger partial charge in [0.25, 0.3) is 5.22 Å². The summed E-state index contributed by atoms with van der Waals surface area (Å²) in [6, 6.07) is 12.6. The molecule has 0 aliphatic carbocycles. The Morgan fingerprint density at radius 1 is 1.21 bits per heavy atom. The van der Waals surface area contributed by atoms with Crippen LogP contribution in [0.5, 0.6) is 0 Å². The summed E-state index contributed by atoms with van der Waals surface area (Å²) in [6.07, 6.45) is 0. The molecule has 0 atom stereocenters. The van der Waals surface area contributed by atoms with E-state index in [0.29, 0.717) is 15.4 Å². The zero-order valence-corrected chi connectivity index (χ0v) is 12.2. The van der Waals surface area contributed by atoms with Crippen LogP contribution in [0.1, 0.15) is 5.56 Å². The number of aromatic nitrogens is 1. The first-order valence-corrected chi connectivity index (χ1v) is 7.42. The molecule has 96 valence electrons. The van der Waals surface area contributed by atoms with Crippen LogP contribution < -0.4 is 0 Å². The average molecular weight is 338 g/mol. The van der Waals surface area contributed by atoms with Crippen molar-refractivity contribution in [3.8, 4) is 0 Å². The second-order valence-corrected chi connectivity index (χ2v) is 5.77. The molecular formula is C14H9BrFNOS. The molecule has 0 bridgehead atoms. The lowest BCUT2D eigenvalue weighted by molar-refractivity contribution is 0.489. The van der Waals surface area contributed by atoms with E-state index in [9.17, 15) is 4.39 Å². The summed E-state index contributed by atoms with van der Waals surface area (Å²) in [5.41, 5.74) is 2.65. The van der Waals surface area contributed by atoms with E-state index in [-0.39, 0.29) is 5.82 Å². The molecule has 0 unspecified atom stereocenters. The molecule has 0 fully saturated rings. The van der Waals surface area contributed by atoms with Crippen LogP contribution in [0.4, 0.5) is 4.39 Å². The number of thioether (sulfide) groups is 1. The molecule has 0 aliphatic heterocycles. The highest BCUT2D eigenvalue weighted by atomic mass is 79.9. The third-order valence-electron chi connectivity index (χ3n) is 2.62. The van der Waals surface area contributed by atoms with E-state index in [1.165, 1.54) is 17.8 Å². The first-order valence-electron chi connectivity index (χ1n) is 5.65. The highest BCUT2D eigenvalue weighted by Crippen LogP contribution is 2.27. The number of fused-ring (bicyclic) bond motifs is 1. The fraction of sp³-hybridized carbons (Fsp3) is 0.0714. The summed E-state index contributed by atoms with van der Waals surface area (Å²) in [5.74, 6) is 0.432. The third-order valence-corrected chi connectivity index (χ3v) is 4.13. The second-order valence-electron chi connectivity index (χ2n) is 3.98. The highest BCUT2D eigenvalue weighted by Gasteiger charge is 2.07. The molecule has 2 nitrogen and oxygen atoms in total. The summed E-state index contributed by atoms with van der Waals surface area (Å²) in [6.45, 7) is 0. The molecule has 1 aromatic heterocycles. The minimum atomic E-state index is -0.254. The van der Waals surface area contributed by atoms with Gasteiger partial charge >= 0.3 is 0 Å². The van der Waals surface area contributed by atoms with E-state index < -0.39 is 0 Å². The van der Waals surface area contributed by atoms with Crippen molar-refractivity contribution >= 4 is 38.8 Å². The van der Waals surface area contributed by atoms with Gasteiger partial charge in [-0.2, -0.15) is 0 Å². The van der Waals surface area contributed by atoms with Crippen molar-refractivity contribution in [3.63, 3.8) is 0 Å². The molecule has 0 amide bonds. The maximum absolute atomic E-state index is 13.1. The molecule has 0 saturated heterocycles. The van der Waals surface area contributed by atoms with Crippen LogP contribution in [0, 0.1) is 5.82 Å². The molecule has 0 spiro atoms. The predicted molar refractivity (Wildman–Crippen MR) is 77.7 cm³/mol. The summed E-state index contributed by atoms with van der Waals surface area (Å²) in [7, 11) is 0. The molecule has 19 heavy (non-hydrogen) atoms. The van der Waals surface area contributed by atoms with Gasteiger partial charge in [0.2, 0.25) is 0 Å². The number of hydrogen-bond donors (Lipinski definition) is 0. The number of hydrogen-bond acceptors (Lipinski definition) is 3. The Bertz CT molecular complexity index is 695. The molecule has 3 rings (SSSR count). The van der Waals surface area contributed by atoms with Gasteiger partial charge in [-0.25, -0.2) is 9.37 Å². The van der Waals surface area contributed by atoms with E-state index >= 15 is 0 Å². The van der Waals surface area contributed by atoms with E-state index in [2.05, 4.69) is 20.9 Å². The van der Waals surface area contributed by atoms with Crippen LogP contribution in [0.2, 0.25) is 0 Å². The Hall–Kier alpha value is -1.33. The van der Waals surface area contributed by atoms with Crippen molar-refractivity contribution in [2.24, 2.45) is 0 Å². The topological polar surface area (TPSA) is 26.0 Å². The van der Waals surface area contributed by atoms with Gasteiger partial charge in [-0.3, -0.25) is 0 Å². The van der Waals surface area contributed by atoms with Gasteiger partial charge in [0.1, 0.15) is 11.3 Å². The fourth-order valence-corrected chi connectivity index (χ4v) is 2.89. The fourth-order valence-electron chi connectivity index (χ4n) is 1.69. The number of halogens is 2. The Labute approximate surface area is 122 Å². The minimum absolute atomic E-state index is 0.254. The zero-order valence-electron chi connectivity index (χ0n) is 9.77.